The zero-order valence-electron chi connectivity index (χ0n) is 13.1. The molecule has 0 aliphatic rings. The lowest BCUT2D eigenvalue weighted by Crippen LogP contribution is -2.23. The Kier molecular flexibility index (Phi) is 4.55. The second kappa shape index (κ2) is 6.95. The third-order valence-electron chi connectivity index (χ3n) is 3.30. The van der Waals surface area contributed by atoms with E-state index >= 15 is 0 Å². The minimum absolute atomic E-state index is 0.207. The van der Waals surface area contributed by atoms with Gasteiger partial charge in [-0.15, -0.1) is 0 Å². The molecule has 0 fully saturated rings. The van der Waals surface area contributed by atoms with E-state index in [4.69, 9.17) is 8.94 Å². The van der Waals surface area contributed by atoms with Crippen LogP contribution in [0.1, 0.15) is 18.5 Å². The first-order chi connectivity index (χ1) is 11.6. The molecular formula is C16H16N4O4. The van der Waals surface area contributed by atoms with Crippen LogP contribution in [0.4, 0.5) is 5.88 Å². The van der Waals surface area contributed by atoms with Crippen molar-refractivity contribution in [2.75, 3.05) is 5.32 Å². The Morgan fingerprint density at radius 2 is 2.21 bits per heavy atom. The van der Waals surface area contributed by atoms with Crippen molar-refractivity contribution in [3.8, 4) is 11.5 Å². The van der Waals surface area contributed by atoms with Gasteiger partial charge in [-0.2, -0.15) is 5.10 Å². The molecule has 124 valence electrons. The van der Waals surface area contributed by atoms with Crippen LogP contribution in [0.2, 0.25) is 0 Å². The van der Waals surface area contributed by atoms with E-state index in [1.165, 1.54) is 10.7 Å². The molecule has 0 aliphatic heterocycles. The Hall–Kier alpha value is -3.16. The molecule has 8 nitrogen and oxygen atoms in total. The molecule has 0 unspecified atom stereocenters. The number of hydrogen-bond acceptors (Lipinski definition) is 6. The van der Waals surface area contributed by atoms with Crippen LogP contribution in [-0.2, 0) is 11.3 Å². The highest BCUT2D eigenvalue weighted by molar-refractivity contribution is 5.89. The molecule has 0 saturated carbocycles. The van der Waals surface area contributed by atoms with Gasteiger partial charge in [-0.1, -0.05) is 5.16 Å². The van der Waals surface area contributed by atoms with Crippen molar-refractivity contribution in [2.45, 2.75) is 26.3 Å². The van der Waals surface area contributed by atoms with Crippen LogP contribution < -0.4 is 10.9 Å². The summed E-state index contributed by atoms with van der Waals surface area (Å²) in [6, 6.07) is 8.20. The summed E-state index contributed by atoms with van der Waals surface area (Å²) in [5.41, 5.74) is 1.04. The molecule has 8 heteroatoms. The molecule has 0 saturated heterocycles. The van der Waals surface area contributed by atoms with E-state index in [1.54, 1.807) is 37.5 Å². The molecule has 0 radical (unpaired) electrons. The van der Waals surface area contributed by atoms with Crippen molar-refractivity contribution in [2.24, 2.45) is 0 Å². The van der Waals surface area contributed by atoms with Gasteiger partial charge >= 0.3 is 0 Å². The maximum absolute atomic E-state index is 11.9. The number of carbonyl (C=O) groups excluding carboxylic acids is 1. The highest BCUT2D eigenvalue weighted by Gasteiger charge is 2.08. The molecule has 0 spiro atoms. The predicted molar refractivity (Wildman–Crippen MR) is 85.3 cm³/mol. The first-order valence-corrected chi connectivity index (χ1v) is 7.47. The van der Waals surface area contributed by atoms with Crippen molar-refractivity contribution in [1.29, 1.82) is 0 Å². The molecule has 0 aromatic carbocycles. The van der Waals surface area contributed by atoms with Crippen molar-refractivity contribution in [3.05, 3.63) is 52.6 Å². The van der Waals surface area contributed by atoms with E-state index < -0.39 is 0 Å². The standard InChI is InChI=1S/C16H16N4O4/c1-11-10-15(24-19-11)17-14(21)5-2-8-20-16(22)7-6-12(18-20)13-4-3-9-23-13/h3-4,6-7,9-10H,2,5,8H2,1H3,(H,17,21). The monoisotopic (exact) mass is 328 g/mol. The van der Waals surface area contributed by atoms with Crippen LogP contribution in [0.25, 0.3) is 11.5 Å². The van der Waals surface area contributed by atoms with E-state index in [0.717, 1.165) is 0 Å². The van der Waals surface area contributed by atoms with Crippen molar-refractivity contribution >= 4 is 11.8 Å². The Labute approximate surface area is 137 Å². The van der Waals surface area contributed by atoms with E-state index in [1.807, 2.05) is 0 Å². The summed E-state index contributed by atoms with van der Waals surface area (Å²) in [4.78, 5) is 23.7. The molecule has 1 amide bonds. The number of rotatable bonds is 6. The van der Waals surface area contributed by atoms with Gasteiger partial charge < -0.3 is 8.94 Å². The zero-order chi connectivity index (χ0) is 16.9. The van der Waals surface area contributed by atoms with Crippen molar-refractivity contribution in [3.63, 3.8) is 0 Å². The van der Waals surface area contributed by atoms with Crippen LogP contribution in [0.5, 0.6) is 0 Å². The summed E-state index contributed by atoms with van der Waals surface area (Å²) in [7, 11) is 0. The molecule has 3 heterocycles. The van der Waals surface area contributed by atoms with E-state index in [9.17, 15) is 9.59 Å². The first-order valence-electron chi connectivity index (χ1n) is 7.47. The molecule has 0 bridgehead atoms. The van der Waals surface area contributed by atoms with E-state index in [-0.39, 0.29) is 17.9 Å². The smallest absolute Gasteiger partial charge is 0.266 e. The molecule has 3 rings (SSSR count). The molecule has 3 aromatic rings. The summed E-state index contributed by atoms with van der Waals surface area (Å²) in [5, 5.41) is 10.5. The highest BCUT2D eigenvalue weighted by atomic mass is 16.5. The molecule has 24 heavy (non-hydrogen) atoms. The Morgan fingerprint density at radius 3 is 2.92 bits per heavy atom. The predicted octanol–water partition coefficient (Wildman–Crippen LogP) is 2.22. The maximum atomic E-state index is 11.9. The average Bonchev–Trinajstić information content (AvgIpc) is 3.21. The van der Waals surface area contributed by atoms with Gasteiger partial charge in [0.05, 0.1) is 12.0 Å². The number of aromatic nitrogens is 3. The Morgan fingerprint density at radius 1 is 1.33 bits per heavy atom. The Bertz CT molecular complexity index is 880. The van der Waals surface area contributed by atoms with Crippen molar-refractivity contribution < 1.29 is 13.7 Å². The SMILES string of the molecule is Cc1cc(NC(=O)CCCn2nc(-c3ccco3)ccc2=O)on1. The zero-order valence-corrected chi connectivity index (χ0v) is 13.1. The lowest BCUT2D eigenvalue weighted by molar-refractivity contribution is -0.116. The molecule has 1 N–H and O–H groups in total. The summed E-state index contributed by atoms with van der Waals surface area (Å²) in [6.45, 7) is 2.10. The quantitative estimate of drug-likeness (QED) is 0.744. The third-order valence-corrected chi connectivity index (χ3v) is 3.30. The minimum atomic E-state index is -0.225. The fourth-order valence-electron chi connectivity index (χ4n) is 2.18. The lowest BCUT2D eigenvalue weighted by atomic mass is 10.3. The third kappa shape index (κ3) is 3.78. The van der Waals surface area contributed by atoms with Gasteiger partial charge in [-0.3, -0.25) is 14.9 Å². The second-order valence-corrected chi connectivity index (χ2v) is 5.24. The summed E-state index contributed by atoms with van der Waals surface area (Å²) < 4.78 is 11.5. The number of nitrogens with one attached hydrogen (secondary N) is 1. The number of aryl methyl sites for hydroxylation is 2. The molecular weight excluding hydrogens is 312 g/mol. The first kappa shape index (κ1) is 15.7. The fourth-order valence-corrected chi connectivity index (χ4v) is 2.18. The summed E-state index contributed by atoms with van der Waals surface area (Å²) in [6.07, 6.45) is 2.24. The number of nitrogens with zero attached hydrogens (tertiary/aromatic N) is 3. The van der Waals surface area contributed by atoms with E-state index in [0.29, 0.717) is 36.0 Å². The Balaban J connectivity index is 1.57. The molecule has 3 aromatic heterocycles. The number of hydrogen-bond donors (Lipinski definition) is 1. The van der Waals surface area contributed by atoms with Crippen LogP contribution in [0.3, 0.4) is 0 Å². The van der Waals surface area contributed by atoms with Crippen LogP contribution in [-0.4, -0.2) is 20.8 Å². The number of amides is 1. The van der Waals surface area contributed by atoms with Crippen LogP contribution >= 0.6 is 0 Å². The van der Waals surface area contributed by atoms with Gasteiger partial charge in [0.1, 0.15) is 5.69 Å². The number of furan rings is 1. The molecule has 0 aliphatic carbocycles. The van der Waals surface area contributed by atoms with Crippen LogP contribution in [0, 0.1) is 6.92 Å². The highest BCUT2D eigenvalue weighted by Crippen LogP contribution is 2.15. The topological polar surface area (TPSA) is 103 Å². The molecule has 0 atom stereocenters. The second-order valence-electron chi connectivity index (χ2n) is 5.24. The van der Waals surface area contributed by atoms with Crippen LogP contribution in [0.15, 0.2) is 50.3 Å². The van der Waals surface area contributed by atoms with Gasteiger partial charge in [0.2, 0.25) is 11.8 Å². The summed E-state index contributed by atoms with van der Waals surface area (Å²) in [5.74, 6) is 0.691. The number of anilines is 1. The van der Waals surface area contributed by atoms with Crippen molar-refractivity contribution in [1.82, 2.24) is 14.9 Å². The van der Waals surface area contributed by atoms with Gasteiger partial charge in [0.15, 0.2) is 5.76 Å². The normalized spacial score (nSPS) is 10.7. The van der Waals surface area contributed by atoms with Gasteiger partial charge in [-0.05, 0) is 31.5 Å². The number of carbonyl (C=O) groups is 1. The summed E-state index contributed by atoms with van der Waals surface area (Å²) >= 11 is 0. The van der Waals surface area contributed by atoms with Gasteiger partial charge in [0.25, 0.3) is 5.56 Å². The largest absolute Gasteiger partial charge is 0.463 e. The van der Waals surface area contributed by atoms with Gasteiger partial charge in [0, 0.05) is 25.1 Å². The average molecular weight is 328 g/mol. The lowest BCUT2D eigenvalue weighted by Gasteiger charge is -2.05. The van der Waals surface area contributed by atoms with Gasteiger partial charge in [-0.25, -0.2) is 4.68 Å². The van der Waals surface area contributed by atoms with E-state index in [2.05, 4.69) is 15.6 Å². The minimum Gasteiger partial charge on any atom is -0.463 e. The maximum Gasteiger partial charge on any atom is 0.266 e. The fraction of sp³-hybridized carbons (Fsp3) is 0.250.